The van der Waals surface area contributed by atoms with Crippen LogP contribution in [0.5, 0.6) is 11.5 Å². The monoisotopic (exact) mass is 298 g/mol. The van der Waals surface area contributed by atoms with Gasteiger partial charge in [-0.15, -0.1) is 0 Å². The lowest BCUT2D eigenvalue weighted by molar-refractivity contribution is 0.102. The van der Waals surface area contributed by atoms with Crippen molar-refractivity contribution in [2.75, 3.05) is 14.2 Å². The molecule has 0 saturated carbocycles. The van der Waals surface area contributed by atoms with Crippen molar-refractivity contribution in [2.45, 2.75) is 12.8 Å². The number of ether oxygens (including phenoxy) is 2. The number of aryl methyl sites for hydroxylation is 1. The Kier molecular flexibility index (Phi) is 3.71. The first-order valence-electron chi connectivity index (χ1n) is 7.11. The molecule has 1 aromatic heterocycles. The average molecular weight is 298 g/mol. The highest BCUT2D eigenvalue weighted by atomic mass is 16.5. The Labute approximate surface area is 129 Å². The quantitative estimate of drug-likeness (QED) is 0.817. The van der Waals surface area contributed by atoms with Gasteiger partial charge in [0, 0.05) is 24.4 Å². The van der Waals surface area contributed by atoms with Crippen LogP contribution in [-0.2, 0) is 13.5 Å². The molecule has 3 rings (SSSR count). The molecule has 0 bridgehead atoms. The van der Waals surface area contributed by atoms with E-state index in [4.69, 9.17) is 9.47 Å². The van der Waals surface area contributed by atoms with Crippen LogP contribution in [0, 0.1) is 0 Å². The van der Waals surface area contributed by atoms with E-state index in [1.165, 1.54) is 0 Å². The molecule has 0 N–H and O–H groups in total. The highest BCUT2D eigenvalue weighted by Crippen LogP contribution is 2.29. The van der Waals surface area contributed by atoms with Crippen LogP contribution in [0.3, 0.4) is 0 Å². The molecule has 0 saturated heterocycles. The number of ketones is 1. The predicted octanol–water partition coefficient (Wildman–Crippen LogP) is 2.65. The Bertz CT molecular complexity index is 737. The van der Waals surface area contributed by atoms with Gasteiger partial charge in [0.15, 0.2) is 5.78 Å². The van der Waals surface area contributed by atoms with Gasteiger partial charge in [-0.1, -0.05) is 0 Å². The minimum atomic E-state index is 0.0520. The number of carbonyl (C=O) groups is 1. The number of hydrogen-bond acceptors (Lipinski definition) is 4. The van der Waals surface area contributed by atoms with Crippen LogP contribution in [0.25, 0.3) is 6.08 Å². The van der Waals surface area contributed by atoms with E-state index in [9.17, 15) is 4.79 Å². The molecule has 0 unspecified atom stereocenters. The summed E-state index contributed by atoms with van der Waals surface area (Å²) in [6, 6.07) is 5.59. The number of hydrogen-bond donors (Lipinski definition) is 0. The third-order valence-electron chi connectivity index (χ3n) is 3.94. The van der Waals surface area contributed by atoms with Crippen LogP contribution in [-0.4, -0.2) is 29.8 Å². The second-order valence-electron chi connectivity index (χ2n) is 5.27. The topological polar surface area (TPSA) is 53.4 Å². The molecule has 114 valence electrons. The fourth-order valence-corrected chi connectivity index (χ4v) is 2.74. The number of nitrogens with zero attached hydrogens (tertiary/aromatic N) is 2. The smallest absolute Gasteiger partial charge is 0.192 e. The van der Waals surface area contributed by atoms with Gasteiger partial charge < -0.3 is 9.47 Å². The van der Waals surface area contributed by atoms with Gasteiger partial charge in [-0.3, -0.25) is 9.48 Å². The number of methoxy groups -OCH3 is 2. The Hall–Kier alpha value is -2.56. The molecule has 0 fully saturated rings. The minimum absolute atomic E-state index is 0.0520. The maximum atomic E-state index is 12.6. The van der Waals surface area contributed by atoms with E-state index in [1.807, 2.05) is 31.3 Å². The summed E-state index contributed by atoms with van der Waals surface area (Å²) in [5.74, 6) is 1.46. The van der Waals surface area contributed by atoms with E-state index in [0.717, 1.165) is 23.3 Å². The zero-order valence-electron chi connectivity index (χ0n) is 12.9. The lowest BCUT2D eigenvalue weighted by Crippen LogP contribution is -2.14. The molecule has 2 aromatic rings. The number of benzene rings is 1. The lowest BCUT2D eigenvalue weighted by Gasteiger charge is -2.15. The molecular weight excluding hydrogens is 280 g/mol. The summed E-state index contributed by atoms with van der Waals surface area (Å²) >= 11 is 0. The standard InChI is InChI=1S/C17H18N2O3/c1-19-16-5-4-12(17(20)15(16)10-18-19)6-11-7-13(21-2)9-14(8-11)22-3/h6-10H,4-5H2,1-3H3. The van der Waals surface area contributed by atoms with Gasteiger partial charge in [-0.2, -0.15) is 5.10 Å². The number of Topliss-reactive ketones (excluding diaryl/α,β-unsaturated/α-hetero) is 1. The summed E-state index contributed by atoms with van der Waals surface area (Å²) in [7, 11) is 5.09. The molecule has 0 aliphatic heterocycles. The summed E-state index contributed by atoms with van der Waals surface area (Å²) < 4.78 is 12.3. The van der Waals surface area contributed by atoms with Gasteiger partial charge in [0.1, 0.15) is 11.5 Å². The van der Waals surface area contributed by atoms with Gasteiger partial charge in [0.2, 0.25) is 0 Å². The molecule has 5 nitrogen and oxygen atoms in total. The molecular formula is C17H18N2O3. The van der Waals surface area contributed by atoms with E-state index in [1.54, 1.807) is 25.1 Å². The highest BCUT2D eigenvalue weighted by Gasteiger charge is 2.24. The first-order chi connectivity index (χ1) is 10.6. The summed E-state index contributed by atoms with van der Waals surface area (Å²) in [6.07, 6.45) is 5.09. The lowest BCUT2D eigenvalue weighted by atomic mass is 9.90. The van der Waals surface area contributed by atoms with Gasteiger partial charge >= 0.3 is 0 Å². The number of carbonyl (C=O) groups excluding carboxylic acids is 1. The maximum absolute atomic E-state index is 12.6. The van der Waals surface area contributed by atoms with Crippen LogP contribution < -0.4 is 9.47 Å². The molecule has 22 heavy (non-hydrogen) atoms. The summed E-state index contributed by atoms with van der Waals surface area (Å²) in [5, 5.41) is 4.17. The minimum Gasteiger partial charge on any atom is -0.497 e. The molecule has 0 radical (unpaired) electrons. The van der Waals surface area contributed by atoms with Gasteiger partial charge in [-0.05, 0) is 36.6 Å². The van der Waals surface area contributed by atoms with Crippen molar-refractivity contribution in [1.29, 1.82) is 0 Å². The predicted molar refractivity (Wildman–Crippen MR) is 83.4 cm³/mol. The fraction of sp³-hybridized carbons (Fsp3) is 0.294. The van der Waals surface area contributed by atoms with E-state index in [0.29, 0.717) is 23.5 Å². The van der Waals surface area contributed by atoms with E-state index >= 15 is 0 Å². The van der Waals surface area contributed by atoms with Crippen molar-refractivity contribution in [3.8, 4) is 11.5 Å². The third kappa shape index (κ3) is 2.50. The van der Waals surface area contributed by atoms with E-state index in [-0.39, 0.29) is 5.78 Å². The SMILES string of the molecule is COc1cc(C=C2CCc3c(cnn3C)C2=O)cc(OC)c1. The summed E-state index contributed by atoms with van der Waals surface area (Å²) in [5.41, 5.74) is 3.39. The summed E-state index contributed by atoms with van der Waals surface area (Å²) in [6.45, 7) is 0. The normalized spacial score (nSPS) is 15.8. The van der Waals surface area contributed by atoms with Crippen molar-refractivity contribution in [3.05, 3.63) is 46.8 Å². The highest BCUT2D eigenvalue weighted by molar-refractivity contribution is 6.12. The number of aromatic nitrogens is 2. The molecule has 1 aliphatic rings. The Morgan fingerprint density at radius 3 is 2.45 bits per heavy atom. The van der Waals surface area contributed by atoms with Crippen LogP contribution in [0.1, 0.15) is 28.0 Å². The van der Waals surface area contributed by atoms with Crippen LogP contribution in [0.4, 0.5) is 0 Å². The van der Waals surface area contributed by atoms with Gasteiger partial charge in [0.25, 0.3) is 0 Å². The van der Waals surface area contributed by atoms with Crippen molar-refractivity contribution >= 4 is 11.9 Å². The second kappa shape index (κ2) is 5.67. The third-order valence-corrected chi connectivity index (χ3v) is 3.94. The van der Waals surface area contributed by atoms with Crippen molar-refractivity contribution in [1.82, 2.24) is 9.78 Å². The molecule has 1 aromatic carbocycles. The molecule has 0 amide bonds. The Balaban J connectivity index is 1.98. The second-order valence-corrected chi connectivity index (χ2v) is 5.27. The Morgan fingerprint density at radius 1 is 1.14 bits per heavy atom. The molecule has 0 spiro atoms. The van der Waals surface area contributed by atoms with E-state index in [2.05, 4.69) is 5.10 Å². The number of fused-ring (bicyclic) bond motifs is 1. The van der Waals surface area contributed by atoms with Crippen LogP contribution >= 0.6 is 0 Å². The first kappa shape index (κ1) is 14.4. The van der Waals surface area contributed by atoms with Crippen molar-refractivity contribution in [2.24, 2.45) is 7.05 Å². The number of allylic oxidation sites excluding steroid dienone is 1. The molecule has 0 atom stereocenters. The Morgan fingerprint density at radius 2 is 1.82 bits per heavy atom. The zero-order valence-corrected chi connectivity index (χ0v) is 12.9. The largest absolute Gasteiger partial charge is 0.497 e. The van der Waals surface area contributed by atoms with Crippen molar-refractivity contribution < 1.29 is 14.3 Å². The van der Waals surface area contributed by atoms with Gasteiger partial charge in [-0.25, -0.2) is 0 Å². The van der Waals surface area contributed by atoms with Crippen LogP contribution in [0.15, 0.2) is 30.0 Å². The maximum Gasteiger partial charge on any atom is 0.192 e. The van der Waals surface area contributed by atoms with Crippen molar-refractivity contribution in [3.63, 3.8) is 0 Å². The van der Waals surface area contributed by atoms with Crippen LogP contribution in [0.2, 0.25) is 0 Å². The summed E-state index contributed by atoms with van der Waals surface area (Å²) in [4.78, 5) is 12.6. The average Bonchev–Trinajstić information content (AvgIpc) is 2.91. The zero-order chi connectivity index (χ0) is 15.7. The van der Waals surface area contributed by atoms with E-state index < -0.39 is 0 Å². The molecule has 1 aliphatic carbocycles. The number of rotatable bonds is 3. The van der Waals surface area contributed by atoms with Gasteiger partial charge in [0.05, 0.1) is 26.0 Å². The first-order valence-corrected chi connectivity index (χ1v) is 7.11. The molecule has 5 heteroatoms. The molecule has 1 heterocycles. The fourth-order valence-electron chi connectivity index (χ4n) is 2.74.